The Morgan fingerprint density at radius 3 is 2.75 bits per heavy atom. The smallest absolute Gasteiger partial charge is 0.279 e. The Balaban J connectivity index is 2.06. The van der Waals surface area contributed by atoms with Crippen LogP contribution in [0.4, 0.5) is 0 Å². The lowest BCUT2D eigenvalue weighted by molar-refractivity contribution is -0.00291. The van der Waals surface area contributed by atoms with Crippen LogP contribution in [0.1, 0.15) is 25.0 Å². The highest BCUT2D eigenvalue weighted by molar-refractivity contribution is 7.87. The number of rotatable bonds is 5. The summed E-state index contributed by atoms with van der Waals surface area (Å²) in [5.41, 5.74) is 0.935. The summed E-state index contributed by atoms with van der Waals surface area (Å²) >= 11 is 5.85. The fourth-order valence-corrected chi connectivity index (χ4v) is 3.46. The number of hydrogen-bond acceptors (Lipinski definition) is 3. The quantitative estimate of drug-likeness (QED) is 0.903. The maximum Gasteiger partial charge on any atom is 0.279 e. The molecule has 0 aromatic heterocycles. The lowest BCUT2D eigenvalue weighted by atomic mass is 10.1. The van der Waals surface area contributed by atoms with E-state index in [1.54, 1.807) is 12.1 Å². The van der Waals surface area contributed by atoms with Gasteiger partial charge in [0, 0.05) is 24.7 Å². The minimum atomic E-state index is -3.42. The van der Waals surface area contributed by atoms with E-state index in [9.17, 15) is 8.42 Å². The van der Waals surface area contributed by atoms with Crippen molar-refractivity contribution in [3.63, 3.8) is 0 Å². The summed E-state index contributed by atoms with van der Waals surface area (Å²) in [6.07, 6.45) is 0.517. The van der Waals surface area contributed by atoms with Crippen molar-refractivity contribution in [1.82, 2.24) is 9.03 Å². The predicted molar refractivity (Wildman–Crippen MR) is 78.9 cm³/mol. The molecule has 1 unspecified atom stereocenters. The number of nitrogens with one attached hydrogen (secondary N) is 1. The summed E-state index contributed by atoms with van der Waals surface area (Å²) in [6.45, 7) is 3.47. The zero-order chi connectivity index (χ0) is 14.6. The van der Waals surface area contributed by atoms with E-state index < -0.39 is 10.2 Å². The monoisotopic (exact) mass is 318 g/mol. The first-order valence-electron chi connectivity index (χ1n) is 6.64. The van der Waals surface area contributed by atoms with Crippen LogP contribution in [0.5, 0.6) is 0 Å². The molecule has 1 aromatic carbocycles. The van der Waals surface area contributed by atoms with Crippen molar-refractivity contribution in [1.29, 1.82) is 0 Å². The first-order valence-corrected chi connectivity index (χ1v) is 8.46. The van der Waals surface area contributed by atoms with Crippen molar-refractivity contribution in [2.75, 3.05) is 26.2 Å². The molecule has 20 heavy (non-hydrogen) atoms. The molecule has 1 N–H and O–H groups in total. The Labute approximate surface area is 125 Å². The van der Waals surface area contributed by atoms with Crippen LogP contribution < -0.4 is 4.72 Å². The average molecular weight is 319 g/mol. The van der Waals surface area contributed by atoms with Crippen molar-refractivity contribution < 1.29 is 13.2 Å². The van der Waals surface area contributed by atoms with E-state index in [1.807, 2.05) is 19.1 Å². The van der Waals surface area contributed by atoms with Crippen LogP contribution >= 0.6 is 11.6 Å². The van der Waals surface area contributed by atoms with Gasteiger partial charge < -0.3 is 4.74 Å². The predicted octanol–water partition coefficient (Wildman–Crippen LogP) is 1.96. The maximum atomic E-state index is 12.1. The van der Waals surface area contributed by atoms with E-state index in [0.29, 0.717) is 31.3 Å². The molecule has 0 radical (unpaired) electrons. The van der Waals surface area contributed by atoms with Gasteiger partial charge in [0.05, 0.1) is 12.7 Å². The topological polar surface area (TPSA) is 58.6 Å². The van der Waals surface area contributed by atoms with Gasteiger partial charge in [0.25, 0.3) is 10.2 Å². The van der Waals surface area contributed by atoms with Gasteiger partial charge >= 0.3 is 0 Å². The van der Waals surface area contributed by atoms with Crippen molar-refractivity contribution in [2.45, 2.75) is 19.4 Å². The van der Waals surface area contributed by atoms with Gasteiger partial charge in [0.2, 0.25) is 0 Å². The molecule has 0 aliphatic carbocycles. The van der Waals surface area contributed by atoms with E-state index in [-0.39, 0.29) is 6.10 Å². The molecule has 5 nitrogen and oxygen atoms in total. The second kappa shape index (κ2) is 6.87. The third-order valence-corrected chi connectivity index (χ3v) is 4.98. The summed E-state index contributed by atoms with van der Waals surface area (Å²) < 4.78 is 33.9. The van der Waals surface area contributed by atoms with Gasteiger partial charge in [-0.25, -0.2) is 4.72 Å². The standard InChI is InChI=1S/C13H19ClN2O3S/c1-2-7-15-20(17,18)16-8-9-19-13(10-16)11-3-5-12(14)6-4-11/h3-6,13,15H,2,7-10H2,1H3. The van der Waals surface area contributed by atoms with Crippen molar-refractivity contribution in [3.8, 4) is 0 Å². The number of halogens is 1. The lowest BCUT2D eigenvalue weighted by Crippen LogP contribution is -2.47. The second-order valence-corrected chi connectivity index (χ2v) is 6.86. The summed E-state index contributed by atoms with van der Waals surface area (Å²) in [5.74, 6) is 0. The fraction of sp³-hybridized carbons (Fsp3) is 0.538. The number of benzene rings is 1. The van der Waals surface area contributed by atoms with Crippen LogP contribution in [0, 0.1) is 0 Å². The maximum absolute atomic E-state index is 12.1. The van der Waals surface area contributed by atoms with Crippen LogP contribution in [0.25, 0.3) is 0 Å². The van der Waals surface area contributed by atoms with E-state index in [2.05, 4.69) is 4.72 Å². The molecule has 1 fully saturated rings. The summed E-state index contributed by atoms with van der Waals surface area (Å²) in [4.78, 5) is 0. The molecule has 1 aliphatic rings. The van der Waals surface area contributed by atoms with Crippen LogP contribution in [-0.4, -0.2) is 39.0 Å². The summed E-state index contributed by atoms with van der Waals surface area (Å²) in [6, 6.07) is 7.29. The van der Waals surface area contributed by atoms with Crippen LogP contribution in [0.15, 0.2) is 24.3 Å². The summed E-state index contributed by atoms with van der Waals surface area (Å²) in [5, 5.41) is 0.652. The first-order chi connectivity index (χ1) is 9.53. The largest absolute Gasteiger partial charge is 0.371 e. The van der Waals surface area contributed by atoms with E-state index >= 15 is 0 Å². The molecular weight excluding hydrogens is 300 g/mol. The average Bonchev–Trinajstić information content (AvgIpc) is 2.46. The van der Waals surface area contributed by atoms with E-state index in [1.165, 1.54) is 4.31 Å². The SMILES string of the molecule is CCCNS(=O)(=O)N1CCOC(c2ccc(Cl)cc2)C1. The zero-order valence-corrected chi connectivity index (χ0v) is 13.0. The number of morpholine rings is 1. The van der Waals surface area contributed by atoms with E-state index in [4.69, 9.17) is 16.3 Å². The Hall–Kier alpha value is -0.660. The molecule has 112 valence electrons. The van der Waals surface area contributed by atoms with Crippen molar-refractivity contribution >= 4 is 21.8 Å². The molecule has 1 aliphatic heterocycles. The Morgan fingerprint density at radius 2 is 2.10 bits per heavy atom. The van der Waals surface area contributed by atoms with Gasteiger partial charge in [-0.05, 0) is 24.1 Å². The molecule has 2 rings (SSSR count). The lowest BCUT2D eigenvalue weighted by Gasteiger charge is -2.32. The Morgan fingerprint density at radius 1 is 1.40 bits per heavy atom. The molecule has 1 heterocycles. The Kier molecular flexibility index (Phi) is 5.40. The van der Waals surface area contributed by atoms with Gasteiger partial charge in [-0.15, -0.1) is 0 Å². The van der Waals surface area contributed by atoms with Gasteiger partial charge in [0.1, 0.15) is 0 Å². The second-order valence-electron chi connectivity index (χ2n) is 4.67. The van der Waals surface area contributed by atoms with Gasteiger partial charge in [-0.3, -0.25) is 0 Å². The highest BCUT2D eigenvalue weighted by atomic mass is 35.5. The molecule has 1 aromatic rings. The number of nitrogens with zero attached hydrogens (tertiary/aromatic N) is 1. The highest BCUT2D eigenvalue weighted by Crippen LogP contribution is 2.24. The first kappa shape index (κ1) is 15.7. The van der Waals surface area contributed by atoms with Crippen LogP contribution in [-0.2, 0) is 14.9 Å². The third-order valence-electron chi connectivity index (χ3n) is 3.15. The van der Waals surface area contributed by atoms with Crippen LogP contribution in [0.2, 0.25) is 5.02 Å². The Bertz CT molecular complexity index is 533. The number of hydrogen-bond donors (Lipinski definition) is 1. The van der Waals surface area contributed by atoms with Crippen molar-refractivity contribution in [3.05, 3.63) is 34.9 Å². The summed E-state index contributed by atoms with van der Waals surface area (Å²) in [7, 11) is -3.42. The third kappa shape index (κ3) is 3.93. The molecule has 0 spiro atoms. The van der Waals surface area contributed by atoms with Gasteiger partial charge in [-0.1, -0.05) is 30.7 Å². The minimum absolute atomic E-state index is 0.251. The molecular formula is C13H19ClN2O3S. The molecule has 1 atom stereocenters. The fourth-order valence-electron chi connectivity index (χ4n) is 2.05. The van der Waals surface area contributed by atoms with Gasteiger partial charge in [-0.2, -0.15) is 12.7 Å². The van der Waals surface area contributed by atoms with Crippen LogP contribution in [0.3, 0.4) is 0 Å². The normalized spacial score (nSPS) is 21.0. The number of ether oxygens (including phenoxy) is 1. The highest BCUT2D eigenvalue weighted by Gasteiger charge is 2.29. The van der Waals surface area contributed by atoms with Gasteiger partial charge in [0.15, 0.2) is 0 Å². The van der Waals surface area contributed by atoms with E-state index in [0.717, 1.165) is 12.0 Å². The zero-order valence-electron chi connectivity index (χ0n) is 11.4. The molecule has 0 bridgehead atoms. The van der Waals surface area contributed by atoms with Crippen molar-refractivity contribution in [2.24, 2.45) is 0 Å². The molecule has 0 saturated carbocycles. The molecule has 1 saturated heterocycles. The molecule has 7 heteroatoms. The molecule has 0 amide bonds. The minimum Gasteiger partial charge on any atom is -0.371 e.